The van der Waals surface area contributed by atoms with Gasteiger partial charge in [-0.3, -0.25) is 0 Å². The van der Waals surface area contributed by atoms with Gasteiger partial charge in [-0.25, -0.2) is 15.0 Å². The monoisotopic (exact) mass is 284 g/mol. The lowest BCUT2D eigenvalue weighted by atomic mass is 10.7. The first kappa shape index (κ1) is 10.6. The summed E-state index contributed by atoms with van der Waals surface area (Å²) >= 11 is 4.76. The van der Waals surface area contributed by atoms with Gasteiger partial charge in [0, 0.05) is 31.3 Å². The molecule has 0 amide bonds. The molecule has 0 bridgehead atoms. The first-order valence-electron chi connectivity index (χ1n) is 4.46. The van der Waals surface area contributed by atoms with Crippen molar-refractivity contribution < 1.29 is 0 Å². The maximum absolute atomic E-state index is 4.24. The van der Waals surface area contributed by atoms with E-state index < -0.39 is 0 Å². The molecule has 0 aliphatic heterocycles. The van der Waals surface area contributed by atoms with Gasteiger partial charge < -0.3 is 4.57 Å². The summed E-state index contributed by atoms with van der Waals surface area (Å²) < 4.78 is 2.93. The van der Waals surface area contributed by atoms with Gasteiger partial charge in [0.15, 0.2) is 10.3 Å². The van der Waals surface area contributed by atoms with Gasteiger partial charge in [-0.2, -0.15) is 0 Å². The molecule has 2 aromatic heterocycles. The van der Waals surface area contributed by atoms with Crippen LogP contribution in [0.5, 0.6) is 0 Å². The van der Waals surface area contributed by atoms with Crippen molar-refractivity contribution in [1.29, 1.82) is 0 Å². The largest absolute Gasteiger partial charge is 0.326 e. The van der Waals surface area contributed by atoms with Crippen LogP contribution in [0.4, 0.5) is 0 Å². The topological polar surface area (TPSA) is 43.6 Å². The third-order valence-electron chi connectivity index (χ3n) is 1.80. The second kappa shape index (κ2) is 4.76. The van der Waals surface area contributed by atoms with Crippen molar-refractivity contribution in [2.75, 3.05) is 0 Å². The maximum Gasteiger partial charge on any atom is 0.195 e. The van der Waals surface area contributed by atoms with E-state index in [1.54, 1.807) is 18.6 Å². The zero-order chi connectivity index (χ0) is 10.7. The number of aromatic nitrogens is 4. The van der Waals surface area contributed by atoms with Crippen LogP contribution in [0.15, 0.2) is 39.6 Å². The SMILES string of the molecule is CCn1ccnc1Sc1ncc(Br)cn1. The Morgan fingerprint density at radius 3 is 2.73 bits per heavy atom. The first-order chi connectivity index (χ1) is 7.29. The second-order valence-electron chi connectivity index (χ2n) is 2.78. The quantitative estimate of drug-likeness (QED) is 0.813. The number of aryl methyl sites for hydroxylation is 1. The van der Waals surface area contributed by atoms with E-state index in [0.29, 0.717) is 5.16 Å². The highest BCUT2D eigenvalue weighted by Crippen LogP contribution is 2.22. The zero-order valence-electron chi connectivity index (χ0n) is 8.09. The molecule has 4 nitrogen and oxygen atoms in total. The van der Waals surface area contributed by atoms with Crippen molar-refractivity contribution in [2.45, 2.75) is 23.8 Å². The Morgan fingerprint density at radius 2 is 2.07 bits per heavy atom. The normalized spacial score (nSPS) is 10.5. The van der Waals surface area contributed by atoms with Crippen LogP contribution in [0.3, 0.4) is 0 Å². The maximum atomic E-state index is 4.24. The van der Waals surface area contributed by atoms with E-state index in [0.717, 1.165) is 16.2 Å². The standard InChI is InChI=1S/C9H9BrN4S/c1-2-14-4-3-11-9(14)15-8-12-5-7(10)6-13-8/h3-6H,2H2,1H3. The molecule has 0 saturated heterocycles. The van der Waals surface area contributed by atoms with Crippen molar-refractivity contribution in [1.82, 2.24) is 19.5 Å². The van der Waals surface area contributed by atoms with Crippen LogP contribution >= 0.6 is 27.7 Å². The lowest BCUT2D eigenvalue weighted by Gasteiger charge is -2.02. The summed E-state index contributed by atoms with van der Waals surface area (Å²) in [6.07, 6.45) is 7.19. The average molecular weight is 285 g/mol. The van der Waals surface area contributed by atoms with E-state index in [1.165, 1.54) is 11.8 Å². The minimum absolute atomic E-state index is 0.708. The van der Waals surface area contributed by atoms with Crippen molar-refractivity contribution in [3.63, 3.8) is 0 Å². The molecule has 0 aliphatic rings. The van der Waals surface area contributed by atoms with Crippen LogP contribution in [0, 0.1) is 0 Å². The van der Waals surface area contributed by atoms with E-state index in [-0.39, 0.29) is 0 Å². The predicted octanol–water partition coefficient (Wildman–Crippen LogP) is 2.61. The lowest BCUT2D eigenvalue weighted by molar-refractivity contribution is 0.679. The Hall–Kier alpha value is -0.880. The first-order valence-corrected chi connectivity index (χ1v) is 6.07. The summed E-state index contributed by atoms with van der Waals surface area (Å²) in [5.41, 5.74) is 0. The van der Waals surface area contributed by atoms with Gasteiger partial charge in [-0.05, 0) is 34.6 Å². The molecule has 2 rings (SSSR count). The van der Waals surface area contributed by atoms with E-state index in [4.69, 9.17) is 0 Å². The minimum atomic E-state index is 0.708. The molecule has 0 aliphatic carbocycles. The molecule has 0 aromatic carbocycles. The van der Waals surface area contributed by atoms with Gasteiger partial charge in [0.05, 0.1) is 4.47 Å². The van der Waals surface area contributed by atoms with Gasteiger partial charge in [0.2, 0.25) is 0 Å². The molecule has 15 heavy (non-hydrogen) atoms. The molecular weight excluding hydrogens is 276 g/mol. The molecule has 2 heterocycles. The molecule has 0 fully saturated rings. The van der Waals surface area contributed by atoms with Crippen molar-refractivity contribution in [3.8, 4) is 0 Å². The smallest absolute Gasteiger partial charge is 0.195 e. The number of imidazole rings is 1. The summed E-state index contributed by atoms with van der Waals surface area (Å²) in [6, 6.07) is 0. The molecule has 0 spiro atoms. The second-order valence-corrected chi connectivity index (χ2v) is 4.63. The fourth-order valence-electron chi connectivity index (χ4n) is 1.08. The van der Waals surface area contributed by atoms with Gasteiger partial charge in [-0.1, -0.05) is 0 Å². The van der Waals surface area contributed by atoms with Crippen LogP contribution in [-0.4, -0.2) is 19.5 Å². The van der Waals surface area contributed by atoms with E-state index in [1.807, 2.05) is 6.20 Å². The molecule has 0 N–H and O–H groups in total. The number of halogens is 1. The summed E-state index contributed by atoms with van der Waals surface area (Å²) in [4.78, 5) is 12.6. The number of hydrogen-bond acceptors (Lipinski definition) is 4. The number of nitrogens with zero attached hydrogens (tertiary/aromatic N) is 4. The summed E-state index contributed by atoms with van der Waals surface area (Å²) in [7, 11) is 0. The summed E-state index contributed by atoms with van der Waals surface area (Å²) in [6.45, 7) is 2.98. The van der Waals surface area contributed by atoms with Gasteiger partial charge in [0.25, 0.3) is 0 Å². The van der Waals surface area contributed by atoms with Crippen LogP contribution in [0.1, 0.15) is 6.92 Å². The van der Waals surface area contributed by atoms with Crippen molar-refractivity contribution in [2.24, 2.45) is 0 Å². The molecule has 0 unspecified atom stereocenters. The predicted molar refractivity (Wildman–Crippen MR) is 61.8 cm³/mol. The van der Waals surface area contributed by atoms with E-state index in [2.05, 4.69) is 42.4 Å². The highest BCUT2D eigenvalue weighted by molar-refractivity contribution is 9.10. The van der Waals surface area contributed by atoms with E-state index in [9.17, 15) is 0 Å². The van der Waals surface area contributed by atoms with Crippen molar-refractivity contribution >= 4 is 27.7 Å². The fraction of sp³-hybridized carbons (Fsp3) is 0.222. The van der Waals surface area contributed by atoms with E-state index >= 15 is 0 Å². The van der Waals surface area contributed by atoms with Gasteiger partial charge in [0.1, 0.15) is 0 Å². The molecule has 6 heteroatoms. The average Bonchev–Trinajstić information content (AvgIpc) is 2.69. The molecule has 78 valence electrons. The van der Waals surface area contributed by atoms with Crippen LogP contribution in [-0.2, 0) is 6.54 Å². The summed E-state index contributed by atoms with van der Waals surface area (Å²) in [5.74, 6) is 0. The highest BCUT2D eigenvalue weighted by atomic mass is 79.9. The highest BCUT2D eigenvalue weighted by Gasteiger charge is 2.05. The molecular formula is C9H9BrN4S. The molecule has 0 atom stereocenters. The third-order valence-corrected chi connectivity index (χ3v) is 3.12. The van der Waals surface area contributed by atoms with Crippen molar-refractivity contribution in [3.05, 3.63) is 29.3 Å². The lowest BCUT2D eigenvalue weighted by Crippen LogP contribution is -1.95. The Kier molecular flexibility index (Phi) is 3.37. The Balaban J connectivity index is 2.18. The third kappa shape index (κ3) is 2.57. The minimum Gasteiger partial charge on any atom is -0.326 e. The Labute approximate surface area is 100 Å². The molecule has 0 saturated carbocycles. The van der Waals surface area contributed by atoms with Crippen LogP contribution in [0.25, 0.3) is 0 Å². The summed E-state index contributed by atoms with van der Waals surface area (Å²) in [5, 5.41) is 1.62. The fourth-order valence-corrected chi connectivity index (χ4v) is 2.08. The zero-order valence-corrected chi connectivity index (χ0v) is 10.5. The van der Waals surface area contributed by atoms with Crippen LogP contribution in [0.2, 0.25) is 0 Å². The Bertz CT molecular complexity index is 440. The molecule has 0 radical (unpaired) electrons. The number of rotatable bonds is 3. The Morgan fingerprint density at radius 1 is 1.33 bits per heavy atom. The number of hydrogen-bond donors (Lipinski definition) is 0. The van der Waals surface area contributed by atoms with Gasteiger partial charge in [-0.15, -0.1) is 0 Å². The van der Waals surface area contributed by atoms with Gasteiger partial charge >= 0.3 is 0 Å². The van der Waals surface area contributed by atoms with Crippen LogP contribution < -0.4 is 0 Å². The molecule has 2 aromatic rings.